The summed E-state index contributed by atoms with van der Waals surface area (Å²) >= 11 is 0. The normalized spacial score (nSPS) is 17.6. The van der Waals surface area contributed by atoms with Crippen LogP contribution in [0.4, 0.5) is 5.82 Å². The summed E-state index contributed by atoms with van der Waals surface area (Å²) in [6.07, 6.45) is 5.03. The van der Waals surface area contributed by atoms with E-state index in [1.807, 2.05) is 6.07 Å². The third-order valence-electron chi connectivity index (χ3n) is 3.54. The van der Waals surface area contributed by atoms with Crippen LogP contribution in [0.2, 0.25) is 0 Å². The molecule has 1 N–H and O–H groups in total. The van der Waals surface area contributed by atoms with Crippen molar-refractivity contribution in [3.63, 3.8) is 0 Å². The Labute approximate surface area is 112 Å². The van der Waals surface area contributed by atoms with Gasteiger partial charge in [-0.15, -0.1) is 0 Å². The minimum absolute atomic E-state index is 0.324. The largest absolute Gasteiger partial charge is 0.481 e. The fourth-order valence-electron chi connectivity index (χ4n) is 2.61. The molecule has 2 aromatic rings. The Morgan fingerprint density at radius 1 is 1.26 bits per heavy atom. The Hall–Kier alpha value is -2.10. The van der Waals surface area contributed by atoms with Gasteiger partial charge in [-0.25, -0.2) is 9.97 Å². The maximum absolute atomic E-state index is 5.12. The lowest BCUT2D eigenvalue weighted by Crippen LogP contribution is -2.17. The maximum Gasteiger partial charge on any atom is 0.218 e. The summed E-state index contributed by atoms with van der Waals surface area (Å²) in [5.41, 5.74) is 2.82. The zero-order chi connectivity index (χ0) is 13.1. The summed E-state index contributed by atoms with van der Waals surface area (Å²) in [6.45, 7) is 0. The highest BCUT2D eigenvalue weighted by Crippen LogP contribution is 2.32. The van der Waals surface area contributed by atoms with Crippen LogP contribution in [-0.2, 0) is 6.42 Å². The van der Waals surface area contributed by atoms with Gasteiger partial charge in [-0.05, 0) is 30.4 Å². The van der Waals surface area contributed by atoms with Crippen LogP contribution in [-0.4, -0.2) is 17.1 Å². The van der Waals surface area contributed by atoms with E-state index in [0.29, 0.717) is 11.9 Å². The van der Waals surface area contributed by atoms with E-state index in [0.717, 1.165) is 12.2 Å². The standard InChI is InChI=1S/C15H17N3O/c1-19-15-9-14(16-10-17-15)18-13-8-4-6-11-5-2-3-7-12(11)13/h2-3,5,7,9-10,13H,4,6,8H2,1H3,(H,16,17,18). The van der Waals surface area contributed by atoms with E-state index < -0.39 is 0 Å². The monoisotopic (exact) mass is 255 g/mol. The van der Waals surface area contributed by atoms with Crippen molar-refractivity contribution < 1.29 is 4.74 Å². The second-order valence-corrected chi connectivity index (χ2v) is 4.73. The molecular formula is C15H17N3O. The summed E-state index contributed by atoms with van der Waals surface area (Å²) in [6, 6.07) is 10.8. The topological polar surface area (TPSA) is 47.0 Å². The molecule has 1 aromatic heterocycles. The lowest BCUT2D eigenvalue weighted by Gasteiger charge is -2.26. The Balaban J connectivity index is 1.84. The number of hydrogen-bond acceptors (Lipinski definition) is 4. The average molecular weight is 255 g/mol. The van der Waals surface area contributed by atoms with Gasteiger partial charge >= 0.3 is 0 Å². The third kappa shape index (κ3) is 2.52. The van der Waals surface area contributed by atoms with Crippen LogP contribution in [0.3, 0.4) is 0 Å². The molecule has 1 aromatic carbocycles. The first-order chi connectivity index (χ1) is 9.36. The fraction of sp³-hybridized carbons (Fsp3) is 0.333. The molecule has 0 radical (unpaired) electrons. The van der Waals surface area contributed by atoms with E-state index in [1.54, 1.807) is 7.11 Å². The van der Waals surface area contributed by atoms with E-state index in [-0.39, 0.29) is 0 Å². The molecule has 0 fully saturated rings. The third-order valence-corrected chi connectivity index (χ3v) is 3.54. The second kappa shape index (κ2) is 5.26. The molecule has 19 heavy (non-hydrogen) atoms. The van der Waals surface area contributed by atoms with Crippen molar-refractivity contribution in [2.75, 3.05) is 12.4 Å². The number of nitrogens with zero attached hydrogens (tertiary/aromatic N) is 2. The molecule has 0 amide bonds. The van der Waals surface area contributed by atoms with Crippen molar-refractivity contribution in [1.82, 2.24) is 9.97 Å². The van der Waals surface area contributed by atoms with Gasteiger partial charge in [0.2, 0.25) is 5.88 Å². The molecule has 0 saturated heterocycles. The molecule has 1 aliphatic rings. The van der Waals surface area contributed by atoms with E-state index in [4.69, 9.17) is 4.74 Å². The molecule has 1 heterocycles. The van der Waals surface area contributed by atoms with E-state index >= 15 is 0 Å². The minimum atomic E-state index is 0.324. The van der Waals surface area contributed by atoms with Crippen molar-refractivity contribution in [3.8, 4) is 5.88 Å². The molecule has 0 saturated carbocycles. The van der Waals surface area contributed by atoms with Crippen molar-refractivity contribution in [3.05, 3.63) is 47.8 Å². The highest BCUT2D eigenvalue weighted by molar-refractivity contribution is 5.43. The smallest absolute Gasteiger partial charge is 0.218 e. The highest BCUT2D eigenvalue weighted by Gasteiger charge is 2.19. The van der Waals surface area contributed by atoms with Crippen molar-refractivity contribution in [1.29, 1.82) is 0 Å². The van der Waals surface area contributed by atoms with Crippen LogP contribution in [0.15, 0.2) is 36.7 Å². The van der Waals surface area contributed by atoms with Crippen LogP contribution < -0.4 is 10.1 Å². The number of ether oxygens (including phenoxy) is 1. The SMILES string of the molecule is COc1cc(NC2CCCc3ccccc32)ncn1. The van der Waals surface area contributed by atoms with Gasteiger partial charge in [-0.2, -0.15) is 0 Å². The molecule has 0 spiro atoms. The minimum Gasteiger partial charge on any atom is -0.481 e. The van der Waals surface area contributed by atoms with E-state index in [9.17, 15) is 0 Å². The number of fused-ring (bicyclic) bond motifs is 1. The van der Waals surface area contributed by atoms with Gasteiger partial charge in [-0.1, -0.05) is 24.3 Å². The Morgan fingerprint density at radius 2 is 2.16 bits per heavy atom. The molecule has 4 nitrogen and oxygen atoms in total. The highest BCUT2D eigenvalue weighted by atomic mass is 16.5. The van der Waals surface area contributed by atoms with Gasteiger partial charge in [0.1, 0.15) is 12.1 Å². The first kappa shape index (κ1) is 12.0. The summed E-state index contributed by atoms with van der Waals surface area (Å²) < 4.78 is 5.12. The number of aryl methyl sites for hydroxylation is 1. The first-order valence-electron chi connectivity index (χ1n) is 6.57. The summed E-state index contributed by atoms with van der Waals surface area (Å²) in [5.74, 6) is 1.40. The van der Waals surface area contributed by atoms with E-state index in [1.165, 1.54) is 30.3 Å². The van der Waals surface area contributed by atoms with Gasteiger partial charge in [0.15, 0.2) is 0 Å². The predicted octanol–water partition coefficient (Wildman–Crippen LogP) is 2.97. The quantitative estimate of drug-likeness (QED) is 0.916. The van der Waals surface area contributed by atoms with Crippen LogP contribution in [0.1, 0.15) is 30.0 Å². The Bertz CT molecular complexity index is 571. The van der Waals surface area contributed by atoms with Gasteiger partial charge in [0.25, 0.3) is 0 Å². The first-order valence-corrected chi connectivity index (χ1v) is 6.57. The lowest BCUT2D eigenvalue weighted by atomic mass is 9.88. The zero-order valence-electron chi connectivity index (χ0n) is 11.0. The number of benzene rings is 1. The van der Waals surface area contributed by atoms with Crippen LogP contribution in [0.5, 0.6) is 5.88 Å². The van der Waals surface area contributed by atoms with Gasteiger partial charge in [0.05, 0.1) is 13.2 Å². The zero-order valence-corrected chi connectivity index (χ0v) is 11.0. The molecule has 1 aliphatic carbocycles. The molecular weight excluding hydrogens is 238 g/mol. The Morgan fingerprint density at radius 3 is 3.05 bits per heavy atom. The number of aromatic nitrogens is 2. The summed E-state index contributed by atoms with van der Waals surface area (Å²) in [5, 5.41) is 3.48. The predicted molar refractivity (Wildman–Crippen MR) is 74.3 cm³/mol. The molecule has 1 atom stereocenters. The number of methoxy groups -OCH3 is 1. The fourth-order valence-corrected chi connectivity index (χ4v) is 2.61. The number of hydrogen-bond donors (Lipinski definition) is 1. The molecule has 4 heteroatoms. The molecule has 1 unspecified atom stereocenters. The van der Waals surface area contributed by atoms with E-state index in [2.05, 4.69) is 39.6 Å². The second-order valence-electron chi connectivity index (χ2n) is 4.73. The van der Waals surface area contributed by atoms with Gasteiger partial charge < -0.3 is 10.1 Å². The molecule has 0 bridgehead atoms. The van der Waals surface area contributed by atoms with Crippen LogP contribution >= 0.6 is 0 Å². The van der Waals surface area contributed by atoms with Crippen molar-refractivity contribution in [2.24, 2.45) is 0 Å². The van der Waals surface area contributed by atoms with Crippen molar-refractivity contribution >= 4 is 5.82 Å². The maximum atomic E-state index is 5.12. The molecule has 0 aliphatic heterocycles. The van der Waals surface area contributed by atoms with Crippen molar-refractivity contribution in [2.45, 2.75) is 25.3 Å². The lowest BCUT2D eigenvalue weighted by molar-refractivity contribution is 0.397. The Kier molecular flexibility index (Phi) is 3.31. The number of anilines is 1. The van der Waals surface area contributed by atoms with Crippen LogP contribution in [0, 0.1) is 0 Å². The number of nitrogens with one attached hydrogen (secondary N) is 1. The van der Waals surface area contributed by atoms with Gasteiger partial charge in [-0.3, -0.25) is 0 Å². The summed E-state index contributed by atoms with van der Waals surface area (Å²) in [4.78, 5) is 8.27. The number of rotatable bonds is 3. The molecule has 98 valence electrons. The van der Waals surface area contributed by atoms with Crippen LogP contribution in [0.25, 0.3) is 0 Å². The van der Waals surface area contributed by atoms with Gasteiger partial charge in [0, 0.05) is 6.07 Å². The summed E-state index contributed by atoms with van der Waals surface area (Å²) in [7, 11) is 1.61. The average Bonchev–Trinajstić information content (AvgIpc) is 2.48. The molecule has 3 rings (SSSR count).